The van der Waals surface area contributed by atoms with Crippen LogP contribution in [0.4, 0.5) is 5.69 Å². The molecule has 2 aromatic carbocycles. The zero-order valence-electron chi connectivity index (χ0n) is 16.7. The number of likely N-dealkylation sites (N-methyl/N-ethyl adjacent to an activating group) is 1. The van der Waals surface area contributed by atoms with E-state index in [0.29, 0.717) is 19.5 Å². The summed E-state index contributed by atoms with van der Waals surface area (Å²) in [6, 6.07) is 17.8. The van der Waals surface area contributed by atoms with Gasteiger partial charge in [-0.3, -0.25) is 14.5 Å². The smallest absolute Gasteiger partial charge is 0.237 e. The largest absolute Gasteiger partial charge is 0.333 e. The van der Waals surface area contributed by atoms with Crippen LogP contribution in [0.3, 0.4) is 0 Å². The van der Waals surface area contributed by atoms with E-state index in [4.69, 9.17) is 0 Å². The lowest BCUT2D eigenvalue weighted by Gasteiger charge is -2.35. The highest BCUT2D eigenvalue weighted by Crippen LogP contribution is 2.54. The lowest BCUT2D eigenvalue weighted by Crippen LogP contribution is -2.45. The predicted octanol–water partition coefficient (Wildman–Crippen LogP) is 3.19. The topological polar surface area (TPSA) is 52.7 Å². The number of anilines is 1. The van der Waals surface area contributed by atoms with Gasteiger partial charge >= 0.3 is 0 Å². The molecule has 0 aromatic heterocycles. The van der Waals surface area contributed by atoms with E-state index in [0.717, 1.165) is 16.8 Å². The van der Waals surface area contributed by atoms with Gasteiger partial charge in [0.15, 0.2) is 0 Å². The van der Waals surface area contributed by atoms with Gasteiger partial charge in [0, 0.05) is 18.3 Å². The third kappa shape index (κ3) is 2.81. The normalized spacial score (nSPS) is 23.5. The molecule has 5 heteroatoms. The molecule has 2 heterocycles. The molecular formula is C23H27N3O2. The number of nitrogens with one attached hydrogen (secondary N) is 1. The van der Waals surface area contributed by atoms with Crippen molar-refractivity contribution >= 4 is 17.5 Å². The molecule has 28 heavy (non-hydrogen) atoms. The summed E-state index contributed by atoms with van der Waals surface area (Å²) in [4.78, 5) is 30.5. The molecule has 2 aliphatic rings. The van der Waals surface area contributed by atoms with E-state index >= 15 is 0 Å². The van der Waals surface area contributed by atoms with Crippen LogP contribution >= 0.6 is 0 Å². The van der Waals surface area contributed by atoms with Crippen molar-refractivity contribution in [3.8, 4) is 0 Å². The Kier molecular flexibility index (Phi) is 4.71. The molecule has 1 saturated heterocycles. The van der Waals surface area contributed by atoms with Gasteiger partial charge in [-0.25, -0.2) is 0 Å². The van der Waals surface area contributed by atoms with Crippen LogP contribution in [0.2, 0.25) is 0 Å². The average Bonchev–Trinajstić information content (AvgIpc) is 3.22. The highest BCUT2D eigenvalue weighted by molar-refractivity contribution is 6.07. The lowest BCUT2D eigenvalue weighted by atomic mass is 9.72. The average molecular weight is 377 g/mol. The second-order valence-electron chi connectivity index (χ2n) is 8.13. The summed E-state index contributed by atoms with van der Waals surface area (Å²) in [6.07, 6.45) is 0.631. The fraction of sp³-hybridized carbons (Fsp3) is 0.391. The van der Waals surface area contributed by atoms with Gasteiger partial charge in [0.25, 0.3) is 0 Å². The number of benzene rings is 2. The van der Waals surface area contributed by atoms with Gasteiger partial charge in [0.05, 0.1) is 12.6 Å². The monoisotopic (exact) mass is 377 g/mol. The molecule has 5 nitrogen and oxygen atoms in total. The fourth-order valence-corrected chi connectivity index (χ4v) is 4.54. The first-order valence-corrected chi connectivity index (χ1v) is 9.91. The standard InChI is InChI=1S/C23H27N3O2/c1-16(2)25(3)15-20(27)26-14-13-23(21(26)17-9-5-4-6-10-17)18-11-7-8-12-19(18)24-22(23)28/h4-12,16,21H,13-15H2,1-3H3,(H,24,28)/t21-,23+/m0/s1. The molecule has 1 N–H and O–H groups in total. The second-order valence-corrected chi connectivity index (χ2v) is 8.13. The molecule has 1 fully saturated rings. The maximum absolute atomic E-state index is 13.3. The van der Waals surface area contributed by atoms with Gasteiger partial charge in [-0.2, -0.15) is 0 Å². The summed E-state index contributed by atoms with van der Waals surface area (Å²) >= 11 is 0. The van der Waals surface area contributed by atoms with Crippen molar-refractivity contribution in [1.82, 2.24) is 9.80 Å². The summed E-state index contributed by atoms with van der Waals surface area (Å²) in [6.45, 7) is 5.08. The summed E-state index contributed by atoms with van der Waals surface area (Å²) in [7, 11) is 1.96. The molecule has 0 unspecified atom stereocenters. The summed E-state index contributed by atoms with van der Waals surface area (Å²) in [5.74, 6) is 0.0641. The molecule has 0 aliphatic carbocycles. The molecule has 1 spiro atoms. The van der Waals surface area contributed by atoms with E-state index in [-0.39, 0.29) is 23.9 Å². The van der Waals surface area contributed by atoms with E-state index < -0.39 is 5.41 Å². The Morgan fingerprint density at radius 1 is 1.18 bits per heavy atom. The van der Waals surface area contributed by atoms with Crippen molar-refractivity contribution in [3.63, 3.8) is 0 Å². The van der Waals surface area contributed by atoms with E-state index in [9.17, 15) is 9.59 Å². The lowest BCUT2D eigenvalue weighted by molar-refractivity contribution is -0.134. The number of carbonyl (C=O) groups is 2. The van der Waals surface area contributed by atoms with Crippen molar-refractivity contribution in [1.29, 1.82) is 0 Å². The van der Waals surface area contributed by atoms with Crippen molar-refractivity contribution in [2.45, 2.75) is 37.8 Å². The first-order chi connectivity index (χ1) is 13.4. The van der Waals surface area contributed by atoms with Gasteiger partial charge in [0.2, 0.25) is 11.8 Å². The first-order valence-electron chi connectivity index (χ1n) is 9.91. The molecule has 146 valence electrons. The first kappa shape index (κ1) is 18.7. The van der Waals surface area contributed by atoms with Crippen molar-refractivity contribution in [2.75, 3.05) is 25.5 Å². The SMILES string of the molecule is CC(C)N(C)CC(=O)N1CC[C@]2(C(=O)Nc3ccccc32)[C@@H]1c1ccccc1. The quantitative estimate of drug-likeness (QED) is 0.890. The van der Waals surface area contributed by atoms with Crippen LogP contribution in [0.1, 0.15) is 37.4 Å². The molecule has 2 amide bonds. The minimum atomic E-state index is -0.732. The molecule has 0 bridgehead atoms. The zero-order chi connectivity index (χ0) is 19.9. The fourth-order valence-electron chi connectivity index (χ4n) is 4.54. The van der Waals surface area contributed by atoms with E-state index in [2.05, 4.69) is 19.2 Å². The number of nitrogens with zero attached hydrogens (tertiary/aromatic N) is 2. The molecule has 0 radical (unpaired) electrons. The van der Waals surface area contributed by atoms with Crippen molar-refractivity contribution in [3.05, 3.63) is 65.7 Å². The van der Waals surface area contributed by atoms with Gasteiger partial charge in [-0.15, -0.1) is 0 Å². The number of likely N-dealkylation sites (tertiary alicyclic amines) is 1. The molecule has 4 rings (SSSR count). The summed E-state index contributed by atoms with van der Waals surface area (Å²) in [5, 5.41) is 3.06. The molecular weight excluding hydrogens is 350 g/mol. The maximum atomic E-state index is 13.3. The Morgan fingerprint density at radius 3 is 2.57 bits per heavy atom. The third-order valence-electron chi connectivity index (χ3n) is 6.29. The highest BCUT2D eigenvalue weighted by Gasteiger charge is 2.59. The molecule has 2 aromatic rings. The predicted molar refractivity (Wildman–Crippen MR) is 110 cm³/mol. The van der Waals surface area contributed by atoms with Crippen LogP contribution in [0.15, 0.2) is 54.6 Å². The summed E-state index contributed by atoms with van der Waals surface area (Å²) < 4.78 is 0. The zero-order valence-corrected chi connectivity index (χ0v) is 16.7. The van der Waals surface area contributed by atoms with Crippen molar-refractivity contribution < 1.29 is 9.59 Å². The van der Waals surface area contributed by atoms with E-state index in [1.54, 1.807) is 0 Å². The van der Waals surface area contributed by atoms with Gasteiger partial charge in [-0.1, -0.05) is 48.5 Å². The van der Waals surface area contributed by atoms with Crippen LogP contribution in [0, 0.1) is 0 Å². The highest BCUT2D eigenvalue weighted by atomic mass is 16.2. The number of hydrogen-bond donors (Lipinski definition) is 1. The van der Waals surface area contributed by atoms with E-state index in [1.165, 1.54) is 0 Å². The van der Waals surface area contributed by atoms with Crippen LogP contribution in [0.25, 0.3) is 0 Å². The Morgan fingerprint density at radius 2 is 1.86 bits per heavy atom. The third-order valence-corrected chi connectivity index (χ3v) is 6.29. The minimum absolute atomic E-state index is 0.00457. The van der Waals surface area contributed by atoms with E-state index in [1.807, 2.05) is 71.4 Å². The van der Waals surface area contributed by atoms with Crippen LogP contribution in [0.5, 0.6) is 0 Å². The van der Waals surface area contributed by atoms with Gasteiger partial charge < -0.3 is 10.2 Å². The minimum Gasteiger partial charge on any atom is -0.333 e. The number of fused-ring (bicyclic) bond motifs is 2. The number of rotatable bonds is 4. The van der Waals surface area contributed by atoms with Crippen molar-refractivity contribution in [2.24, 2.45) is 0 Å². The number of carbonyl (C=O) groups excluding carboxylic acids is 2. The second kappa shape index (κ2) is 7.06. The Hall–Kier alpha value is -2.66. The maximum Gasteiger partial charge on any atom is 0.237 e. The van der Waals surface area contributed by atoms with Gasteiger partial charge in [-0.05, 0) is 44.5 Å². The Balaban J connectivity index is 1.79. The number of amides is 2. The molecule has 2 atom stereocenters. The molecule has 2 aliphatic heterocycles. The van der Waals surface area contributed by atoms with Crippen LogP contribution in [-0.4, -0.2) is 47.8 Å². The summed E-state index contributed by atoms with van der Waals surface area (Å²) in [5.41, 5.74) is 2.14. The Labute approximate surface area is 166 Å². The Bertz CT molecular complexity index is 896. The number of hydrogen-bond acceptors (Lipinski definition) is 3. The van der Waals surface area contributed by atoms with Crippen LogP contribution < -0.4 is 5.32 Å². The van der Waals surface area contributed by atoms with Crippen LogP contribution in [-0.2, 0) is 15.0 Å². The van der Waals surface area contributed by atoms with Gasteiger partial charge in [0.1, 0.15) is 5.41 Å². The number of para-hydroxylation sites is 1. The molecule has 0 saturated carbocycles.